The van der Waals surface area contributed by atoms with Crippen LogP contribution in [0.3, 0.4) is 0 Å². The number of phosphoric ester groups is 1. The molecule has 0 spiro atoms. The molecular weight excluding hydrogens is 1400 g/mol. The van der Waals surface area contributed by atoms with Gasteiger partial charge in [0.25, 0.3) is 0 Å². The molecule has 0 radical (unpaired) electrons. The molecule has 4 aliphatic heterocycles. The average Bonchev–Trinajstić information content (AvgIpc) is 0.768. The van der Waals surface area contributed by atoms with Crippen LogP contribution in [-0.4, -0.2) is 309 Å². The lowest BCUT2D eigenvalue weighted by Crippen LogP contribution is -2.69. The van der Waals surface area contributed by atoms with Crippen molar-refractivity contribution in [2.24, 2.45) is 0 Å². The van der Waals surface area contributed by atoms with E-state index in [4.69, 9.17) is 56.4 Å². The number of unbranched alkanes of at least 4 members (excludes halogenated alkanes) is 29. The summed E-state index contributed by atoms with van der Waals surface area (Å²) < 4.78 is 81.6. The lowest BCUT2D eigenvalue weighted by molar-refractivity contribution is -0.365. The van der Waals surface area contributed by atoms with Crippen LogP contribution in [0, 0.1) is 0 Å². The number of aliphatic hydroxyl groups is 17. The molecule has 612 valence electrons. The van der Waals surface area contributed by atoms with Gasteiger partial charge in [-0.05, 0) is 12.8 Å². The number of aliphatic hydroxyl groups excluding tert-OH is 17. The van der Waals surface area contributed by atoms with Crippen molar-refractivity contribution in [3.8, 4) is 0 Å². The minimum atomic E-state index is -5.81. The highest BCUT2D eigenvalue weighted by Gasteiger charge is 2.59. The molecule has 4 saturated heterocycles. The van der Waals surface area contributed by atoms with E-state index in [1.807, 2.05) is 0 Å². The topological polar surface area (TPSA) is 526 Å². The quantitative estimate of drug-likeness (QED) is 0.0229. The van der Waals surface area contributed by atoms with Crippen LogP contribution in [-0.2, 0) is 70.6 Å². The molecule has 28 atom stereocenters. The highest BCUT2D eigenvalue weighted by atomic mass is 31.2. The fraction of sp³-hybridized carbons (Fsp3) is 0.971. The lowest BCUT2D eigenvalue weighted by Gasteiger charge is -2.49. The molecular formula is C70H129O33P. The molecule has 5 rings (SSSR count). The van der Waals surface area contributed by atoms with Crippen molar-refractivity contribution in [3.05, 3.63) is 0 Å². The van der Waals surface area contributed by atoms with Crippen LogP contribution in [0.4, 0.5) is 0 Å². The first-order valence-corrected chi connectivity index (χ1v) is 39.9. The third-order valence-electron chi connectivity index (χ3n) is 20.1. The first kappa shape index (κ1) is 92.7. The Labute approximate surface area is 610 Å². The summed E-state index contributed by atoms with van der Waals surface area (Å²) in [6.07, 6.45) is -21.8. The number of esters is 2. The van der Waals surface area contributed by atoms with Gasteiger partial charge < -0.3 is 139 Å². The van der Waals surface area contributed by atoms with E-state index >= 15 is 0 Å². The first-order valence-electron chi connectivity index (χ1n) is 38.4. The molecule has 33 nitrogen and oxygen atoms in total. The van der Waals surface area contributed by atoms with Crippen molar-refractivity contribution in [1.82, 2.24) is 0 Å². The Bertz CT molecular complexity index is 2320. The molecule has 0 aromatic carbocycles. The predicted octanol–water partition coefficient (Wildman–Crippen LogP) is 0.972. The summed E-state index contributed by atoms with van der Waals surface area (Å²) in [6.45, 7) is -0.863. The van der Waals surface area contributed by atoms with Crippen molar-refractivity contribution in [2.45, 2.75) is 391 Å². The van der Waals surface area contributed by atoms with Gasteiger partial charge in [0.05, 0.1) is 33.0 Å². The summed E-state index contributed by atoms with van der Waals surface area (Å²) >= 11 is 0. The standard InChI is InChI=1S/C70H129O33P/c1-3-5-7-9-11-13-15-17-19-21-22-24-26-28-30-32-34-47(73)92-38-42(96-48(74)35-33-31-29-27-25-23-20-18-16-14-12-10-8-6-4-2)39-95-104(90,91)103-66-64(101-69-62(88)54(80)50(76)44(37-72)98-69)58(84)57(83)59(85)65(66)102-70-63(89)56(82)52(78)46(100-70)41-94-68-61(87)55(81)51(77)45(99-68)40-93-67-60(86)53(79)49(75)43(36-71)97-67/h42-46,49-72,75-89H,3-41H2,1-2H3,(H,90,91)/t42-,43?,44?,45?,46?,49+,50-,51+,52+,53?,54?,55?,56?,57+,58?,59?,60+,61+,62-,63+,64-,65?,66+,67-,68-,69-,70+/m1/s1. The summed E-state index contributed by atoms with van der Waals surface area (Å²) in [4.78, 5) is 38.3. The highest BCUT2D eigenvalue weighted by Crippen LogP contribution is 2.49. The first-order chi connectivity index (χ1) is 49.8. The van der Waals surface area contributed by atoms with Gasteiger partial charge in [0.15, 0.2) is 31.3 Å². The summed E-state index contributed by atoms with van der Waals surface area (Å²) in [5, 5.41) is 184. The van der Waals surface area contributed by atoms with Crippen molar-refractivity contribution in [1.29, 1.82) is 0 Å². The number of phosphoric acid groups is 1. The Balaban J connectivity index is 1.27. The van der Waals surface area contributed by atoms with E-state index in [1.165, 1.54) is 116 Å². The molecule has 12 unspecified atom stereocenters. The lowest BCUT2D eigenvalue weighted by atomic mass is 9.84. The van der Waals surface area contributed by atoms with E-state index in [-0.39, 0.29) is 12.8 Å². The maximum absolute atomic E-state index is 14.4. The fourth-order valence-electron chi connectivity index (χ4n) is 13.5. The molecule has 4 heterocycles. The average molecular weight is 1530 g/mol. The Morgan fingerprint density at radius 3 is 0.990 bits per heavy atom. The van der Waals surface area contributed by atoms with E-state index in [9.17, 15) is 106 Å². The van der Waals surface area contributed by atoms with Gasteiger partial charge in [0.1, 0.15) is 141 Å². The van der Waals surface area contributed by atoms with Crippen LogP contribution in [0.1, 0.15) is 226 Å². The summed E-state index contributed by atoms with van der Waals surface area (Å²) in [6, 6.07) is 0. The zero-order valence-corrected chi connectivity index (χ0v) is 61.7. The number of ether oxygens (including phenoxy) is 10. The van der Waals surface area contributed by atoms with Gasteiger partial charge in [-0.25, -0.2) is 4.57 Å². The van der Waals surface area contributed by atoms with Crippen molar-refractivity contribution >= 4 is 19.8 Å². The second-order valence-electron chi connectivity index (χ2n) is 28.6. The highest BCUT2D eigenvalue weighted by molar-refractivity contribution is 7.47. The molecule has 0 amide bonds. The van der Waals surface area contributed by atoms with E-state index < -0.39 is 225 Å². The number of carbonyl (C=O) groups is 2. The van der Waals surface area contributed by atoms with Crippen LogP contribution < -0.4 is 0 Å². The Kier molecular flexibility index (Phi) is 44.7. The Morgan fingerprint density at radius 1 is 0.346 bits per heavy atom. The predicted molar refractivity (Wildman–Crippen MR) is 366 cm³/mol. The van der Waals surface area contributed by atoms with Crippen molar-refractivity contribution in [3.63, 3.8) is 0 Å². The zero-order chi connectivity index (χ0) is 76.3. The number of carbonyl (C=O) groups excluding carboxylic acids is 2. The smallest absolute Gasteiger partial charge is 0.462 e. The second-order valence-corrected chi connectivity index (χ2v) is 30.1. The Morgan fingerprint density at radius 2 is 0.635 bits per heavy atom. The fourth-order valence-corrected chi connectivity index (χ4v) is 14.4. The Hall–Kier alpha value is -1.95. The molecule has 34 heteroatoms. The third kappa shape index (κ3) is 30.6. The van der Waals surface area contributed by atoms with Crippen LogP contribution >= 0.6 is 7.82 Å². The molecule has 0 aromatic heterocycles. The monoisotopic (exact) mass is 1530 g/mol. The minimum Gasteiger partial charge on any atom is -0.462 e. The van der Waals surface area contributed by atoms with Gasteiger partial charge in [0, 0.05) is 12.8 Å². The van der Waals surface area contributed by atoms with Gasteiger partial charge in [-0.2, -0.15) is 0 Å². The molecule has 0 bridgehead atoms. The minimum absolute atomic E-state index is 0.00219. The van der Waals surface area contributed by atoms with E-state index in [0.717, 1.165) is 64.2 Å². The van der Waals surface area contributed by atoms with Gasteiger partial charge in [-0.3, -0.25) is 18.6 Å². The normalized spacial score (nSPS) is 35.7. The van der Waals surface area contributed by atoms with Gasteiger partial charge in [-0.1, -0.05) is 200 Å². The number of rotatable bonds is 53. The molecule has 104 heavy (non-hydrogen) atoms. The van der Waals surface area contributed by atoms with E-state index in [1.54, 1.807) is 0 Å². The SMILES string of the molecule is CCCCCCCCCCCCCCCCCCC(=O)OC[C@H](COP(=O)(O)O[C@@H]1C(O[C@@H]2OC(CO[C@@H]3OC(CO[C@@H]4OC(CO)[C@H](O)C(O)[C@@H]4O)[C@H](O)C(O)[C@@H]3O)[C@H](O)C(O)[C@@H]2O)C(O)[C@@H](O)C(O)[C@H]1O[C@H]1OC(CO)[C@@H](O)C(O)[C@H]1O)OC(=O)CCCCCCCCCCCCCCCCC. The van der Waals surface area contributed by atoms with Crippen LogP contribution in [0.2, 0.25) is 0 Å². The maximum atomic E-state index is 14.4. The van der Waals surface area contributed by atoms with Crippen molar-refractivity contribution in [2.75, 3.05) is 39.6 Å². The van der Waals surface area contributed by atoms with Crippen LogP contribution in [0.25, 0.3) is 0 Å². The summed E-state index contributed by atoms with van der Waals surface area (Å²) in [5.74, 6) is -1.43. The zero-order valence-electron chi connectivity index (χ0n) is 60.8. The second kappa shape index (κ2) is 50.1. The molecule has 18 N–H and O–H groups in total. The van der Waals surface area contributed by atoms with Gasteiger partial charge in [-0.15, -0.1) is 0 Å². The third-order valence-corrected chi connectivity index (χ3v) is 21.1. The van der Waals surface area contributed by atoms with E-state index in [0.29, 0.717) is 19.3 Å². The molecule has 1 saturated carbocycles. The largest absolute Gasteiger partial charge is 0.472 e. The molecule has 1 aliphatic carbocycles. The maximum Gasteiger partial charge on any atom is 0.472 e. The number of hydrogen-bond acceptors (Lipinski definition) is 32. The van der Waals surface area contributed by atoms with Crippen LogP contribution in [0.15, 0.2) is 0 Å². The van der Waals surface area contributed by atoms with E-state index in [2.05, 4.69) is 13.8 Å². The van der Waals surface area contributed by atoms with Gasteiger partial charge >= 0.3 is 19.8 Å². The number of hydrogen-bond donors (Lipinski definition) is 18. The molecule has 5 aliphatic rings. The molecule has 5 fully saturated rings. The summed E-state index contributed by atoms with van der Waals surface area (Å²) in [5.41, 5.74) is 0. The summed E-state index contributed by atoms with van der Waals surface area (Å²) in [7, 11) is -5.81. The molecule has 0 aromatic rings. The van der Waals surface area contributed by atoms with Gasteiger partial charge in [0.2, 0.25) is 0 Å². The van der Waals surface area contributed by atoms with Crippen LogP contribution in [0.5, 0.6) is 0 Å². The van der Waals surface area contributed by atoms with Crippen molar-refractivity contribution < 1.29 is 162 Å².